The molecule has 0 fully saturated rings. The van der Waals surface area contributed by atoms with Gasteiger partial charge in [-0.25, -0.2) is 0 Å². The number of aliphatic hydroxyl groups is 2. The highest BCUT2D eigenvalue weighted by atomic mass is 16.5. The van der Waals surface area contributed by atoms with Crippen LogP contribution >= 0.6 is 0 Å². The van der Waals surface area contributed by atoms with Crippen molar-refractivity contribution in [1.82, 2.24) is 0 Å². The summed E-state index contributed by atoms with van der Waals surface area (Å²) in [6.45, 7) is 8.59. The summed E-state index contributed by atoms with van der Waals surface area (Å²) in [5.41, 5.74) is 0.730. The molecular formula is C24H28O4. The summed E-state index contributed by atoms with van der Waals surface area (Å²) in [5, 5.41) is 23.8. The predicted molar refractivity (Wildman–Crippen MR) is 107 cm³/mol. The number of hydrogen-bond acceptors (Lipinski definition) is 4. The van der Waals surface area contributed by atoms with E-state index in [1.807, 2.05) is 43.3 Å². The molecule has 0 heterocycles. The highest BCUT2D eigenvalue weighted by Crippen LogP contribution is 2.60. The van der Waals surface area contributed by atoms with E-state index in [1.165, 1.54) is 0 Å². The SMILES string of the molecule is CCCOC(=O)C1CC2(O)c3ccccc3C1(O)c1ccc(C(C)(C)C)cc12. The number of hydrogen-bond donors (Lipinski definition) is 2. The summed E-state index contributed by atoms with van der Waals surface area (Å²) in [4.78, 5) is 12.8. The van der Waals surface area contributed by atoms with Gasteiger partial charge in [-0.2, -0.15) is 0 Å². The fourth-order valence-electron chi connectivity index (χ4n) is 4.75. The minimum atomic E-state index is -1.50. The van der Waals surface area contributed by atoms with E-state index in [1.54, 1.807) is 6.07 Å². The summed E-state index contributed by atoms with van der Waals surface area (Å²) in [5.74, 6) is -1.30. The molecule has 0 aromatic heterocycles. The van der Waals surface area contributed by atoms with Crippen LogP contribution in [0.3, 0.4) is 0 Å². The van der Waals surface area contributed by atoms with Gasteiger partial charge in [-0.3, -0.25) is 4.79 Å². The van der Waals surface area contributed by atoms with Crippen molar-refractivity contribution >= 4 is 5.97 Å². The molecule has 0 spiro atoms. The maximum Gasteiger partial charge on any atom is 0.312 e. The molecule has 148 valence electrons. The van der Waals surface area contributed by atoms with Crippen molar-refractivity contribution in [2.24, 2.45) is 5.92 Å². The second kappa shape index (κ2) is 6.16. The number of carbonyl (C=O) groups is 1. The number of benzene rings is 2. The van der Waals surface area contributed by atoms with Crippen molar-refractivity contribution in [3.05, 3.63) is 70.3 Å². The third kappa shape index (κ3) is 2.48. The second-order valence-electron chi connectivity index (χ2n) is 9.11. The molecule has 28 heavy (non-hydrogen) atoms. The van der Waals surface area contributed by atoms with Crippen LogP contribution in [-0.2, 0) is 26.1 Å². The van der Waals surface area contributed by atoms with Gasteiger partial charge < -0.3 is 14.9 Å². The molecule has 4 heteroatoms. The van der Waals surface area contributed by atoms with Crippen molar-refractivity contribution in [3.63, 3.8) is 0 Å². The molecule has 2 N–H and O–H groups in total. The number of fused-ring (bicyclic) bond motifs is 1. The Labute approximate surface area is 166 Å². The average Bonchev–Trinajstić information content (AvgIpc) is 2.67. The van der Waals surface area contributed by atoms with Crippen LogP contribution in [0.5, 0.6) is 0 Å². The Morgan fingerprint density at radius 1 is 1.07 bits per heavy atom. The zero-order chi connectivity index (χ0) is 20.3. The van der Waals surface area contributed by atoms with Crippen molar-refractivity contribution in [2.75, 3.05) is 6.61 Å². The third-order valence-electron chi connectivity index (χ3n) is 6.26. The van der Waals surface area contributed by atoms with Crippen molar-refractivity contribution in [1.29, 1.82) is 0 Å². The molecule has 5 rings (SSSR count). The normalized spacial score (nSPS) is 27.9. The monoisotopic (exact) mass is 380 g/mol. The van der Waals surface area contributed by atoms with Crippen LogP contribution in [0.2, 0.25) is 0 Å². The lowest BCUT2D eigenvalue weighted by Crippen LogP contribution is -2.57. The van der Waals surface area contributed by atoms with Crippen LogP contribution in [0.1, 0.15) is 68.4 Å². The van der Waals surface area contributed by atoms with Crippen LogP contribution < -0.4 is 0 Å². The Kier molecular flexibility index (Phi) is 4.22. The minimum absolute atomic E-state index is 0.0936. The summed E-state index contributed by atoms with van der Waals surface area (Å²) in [6.07, 6.45) is 0.826. The van der Waals surface area contributed by atoms with Gasteiger partial charge in [-0.15, -0.1) is 0 Å². The second-order valence-corrected chi connectivity index (χ2v) is 9.11. The molecule has 3 aliphatic rings. The zero-order valence-electron chi connectivity index (χ0n) is 17.0. The summed E-state index contributed by atoms with van der Waals surface area (Å²) < 4.78 is 5.39. The molecule has 0 amide bonds. The lowest BCUT2D eigenvalue weighted by atomic mass is 9.54. The first-order valence-corrected chi connectivity index (χ1v) is 10.0. The van der Waals surface area contributed by atoms with Crippen LogP contribution in [-0.4, -0.2) is 22.8 Å². The Morgan fingerprint density at radius 2 is 1.71 bits per heavy atom. The average molecular weight is 380 g/mol. The van der Waals surface area contributed by atoms with E-state index in [0.29, 0.717) is 35.3 Å². The number of carbonyl (C=O) groups excluding carboxylic acids is 1. The molecular weight excluding hydrogens is 352 g/mol. The molecule has 3 unspecified atom stereocenters. The van der Waals surface area contributed by atoms with Gasteiger partial charge in [0.15, 0.2) is 0 Å². The third-order valence-corrected chi connectivity index (χ3v) is 6.26. The highest BCUT2D eigenvalue weighted by Gasteiger charge is 2.62. The van der Waals surface area contributed by atoms with Crippen LogP contribution in [0.4, 0.5) is 0 Å². The molecule has 4 nitrogen and oxygen atoms in total. The molecule has 0 saturated heterocycles. The first-order chi connectivity index (χ1) is 13.1. The molecule has 3 atom stereocenters. The standard InChI is InChI=1S/C24H28O4/c1-5-12-28-21(25)20-14-23(26)16-8-6-7-9-17(16)24(20,27)18-11-10-15(13-19(18)23)22(2,3)4/h6-11,13,20,26-27H,5,12,14H2,1-4H3. The van der Waals surface area contributed by atoms with Crippen molar-refractivity contribution in [2.45, 2.75) is 57.2 Å². The number of rotatable bonds is 3. The topological polar surface area (TPSA) is 66.8 Å². The maximum atomic E-state index is 12.8. The van der Waals surface area contributed by atoms with E-state index in [0.717, 1.165) is 5.56 Å². The molecule has 0 saturated carbocycles. The fourth-order valence-corrected chi connectivity index (χ4v) is 4.75. The van der Waals surface area contributed by atoms with E-state index in [2.05, 4.69) is 20.8 Å². The van der Waals surface area contributed by atoms with Gasteiger partial charge in [0.05, 0.1) is 12.5 Å². The lowest BCUT2D eigenvalue weighted by molar-refractivity contribution is -0.167. The van der Waals surface area contributed by atoms with Gasteiger partial charge in [0.25, 0.3) is 0 Å². The van der Waals surface area contributed by atoms with E-state index < -0.39 is 23.1 Å². The van der Waals surface area contributed by atoms with Crippen LogP contribution in [0.15, 0.2) is 42.5 Å². The van der Waals surface area contributed by atoms with Gasteiger partial charge in [0.1, 0.15) is 11.2 Å². The lowest BCUT2D eigenvalue weighted by Gasteiger charge is -2.54. The Balaban J connectivity index is 1.96. The van der Waals surface area contributed by atoms with Gasteiger partial charge in [-0.05, 0) is 39.7 Å². The van der Waals surface area contributed by atoms with Gasteiger partial charge in [-0.1, -0.05) is 70.2 Å². The first-order valence-electron chi connectivity index (χ1n) is 10.0. The van der Waals surface area contributed by atoms with Crippen LogP contribution in [0.25, 0.3) is 0 Å². The Morgan fingerprint density at radius 3 is 2.36 bits per heavy atom. The quantitative estimate of drug-likeness (QED) is 0.796. The molecule has 2 bridgehead atoms. The van der Waals surface area contributed by atoms with E-state index in [9.17, 15) is 15.0 Å². The van der Waals surface area contributed by atoms with Gasteiger partial charge in [0, 0.05) is 6.42 Å². The molecule has 2 aromatic rings. The fraction of sp³-hybridized carbons (Fsp3) is 0.458. The number of ether oxygens (including phenoxy) is 1. The van der Waals surface area contributed by atoms with Crippen molar-refractivity contribution < 1.29 is 19.7 Å². The summed E-state index contributed by atoms with van der Waals surface area (Å²) in [6, 6.07) is 13.2. The van der Waals surface area contributed by atoms with Crippen molar-refractivity contribution in [3.8, 4) is 0 Å². The Bertz CT molecular complexity index is 942. The summed E-state index contributed by atoms with van der Waals surface area (Å²) >= 11 is 0. The molecule has 2 aromatic carbocycles. The molecule has 3 aliphatic carbocycles. The van der Waals surface area contributed by atoms with Crippen LogP contribution in [0, 0.1) is 5.92 Å². The smallest absolute Gasteiger partial charge is 0.312 e. The predicted octanol–water partition coefficient (Wildman–Crippen LogP) is 3.74. The zero-order valence-corrected chi connectivity index (χ0v) is 17.0. The first kappa shape index (κ1) is 19.2. The van der Waals surface area contributed by atoms with Gasteiger partial charge >= 0.3 is 5.97 Å². The largest absolute Gasteiger partial charge is 0.465 e. The van der Waals surface area contributed by atoms with E-state index in [4.69, 9.17) is 4.74 Å². The molecule has 0 radical (unpaired) electrons. The van der Waals surface area contributed by atoms with E-state index in [-0.39, 0.29) is 11.8 Å². The number of esters is 1. The minimum Gasteiger partial charge on any atom is -0.465 e. The molecule has 0 aliphatic heterocycles. The maximum absolute atomic E-state index is 12.8. The highest BCUT2D eigenvalue weighted by molar-refractivity contribution is 5.79. The van der Waals surface area contributed by atoms with E-state index >= 15 is 0 Å². The van der Waals surface area contributed by atoms with Gasteiger partial charge in [0.2, 0.25) is 0 Å². The Hall–Kier alpha value is -2.17. The summed E-state index contributed by atoms with van der Waals surface area (Å²) in [7, 11) is 0.